The Balaban J connectivity index is 1.90. The first-order chi connectivity index (χ1) is 12.2. The van der Waals surface area contributed by atoms with E-state index in [-0.39, 0.29) is 0 Å². The van der Waals surface area contributed by atoms with Crippen LogP contribution in [0.25, 0.3) is 22.3 Å². The molecule has 129 valence electrons. The van der Waals surface area contributed by atoms with E-state index < -0.39 is 0 Å². The van der Waals surface area contributed by atoms with E-state index in [2.05, 4.69) is 46.1 Å². The van der Waals surface area contributed by atoms with Crippen LogP contribution in [0.1, 0.15) is 19.4 Å². The fourth-order valence-electron chi connectivity index (χ4n) is 3.27. The summed E-state index contributed by atoms with van der Waals surface area (Å²) >= 11 is 0. The maximum Gasteiger partial charge on any atom is 0.129 e. The smallest absolute Gasteiger partial charge is 0.129 e. The normalized spacial score (nSPS) is 15.2. The minimum atomic E-state index is 0.744. The SMILES string of the molecule is C[C](C)Cc1cc(N2CCOCC2)nc2c(-c3ccn[nH]3)nccc12. The predicted octanol–water partition coefficient (Wildman–Crippen LogP) is 3.01. The molecule has 3 aromatic heterocycles. The fourth-order valence-corrected chi connectivity index (χ4v) is 3.27. The number of rotatable bonds is 4. The number of fused-ring (bicyclic) bond motifs is 1. The Morgan fingerprint density at radius 2 is 2.04 bits per heavy atom. The van der Waals surface area contributed by atoms with Gasteiger partial charge in [0.1, 0.15) is 17.0 Å². The molecule has 1 saturated heterocycles. The van der Waals surface area contributed by atoms with Crippen LogP contribution in [0.15, 0.2) is 30.6 Å². The van der Waals surface area contributed by atoms with Gasteiger partial charge in [-0.05, 0) is 36.1 Å². The van der Waals surface area contributed by atoms with Crippen molar-refractivity contribution in [1.82, 2.24) is 20.2 Å². The van der Waals surface area contributed by atoms with Gasteiger partial charge in [-0.1, -0.05) is 13.8 Å². The average Bonchev–Trinajstić information content (AvgIpc) is 3.16. The van der Waals surface area contributed by atoms with Gasteiger partial charge in [-0.15, -0.1) is 0 Å². The van der Waals surface area contributed by atoms with Crippen LogP contribution in [0.4, 0.5) is 5.82 Å². The fraction of sp³-hybridized carbons (Fsp3) is 0.368. The van der Waals surface area contributed by atoms with Gasteiger partial charge >= 0.3 is 0 Å². The molecule has 25 heavy (non-hydrogen) atoms. The van der Waals surface area contributed by atoms with Crippen molar-refractivity contribution in [3.05, 3.63) is 42.1 Å². The lowest BCUT2D eigenvalue weighted by molar-refractivity contribution is 0.122. The first-order valence-corrected chi connectivity index (χ1v) is 8.62. The maximum absolute atomic E-state index is 5.49. The zero-order chi connectivity index (χ0) is 17.2. The third-order valence-corrected chi connectivity index (χ3v) is 4.43. The zero-order valence-electron chi connectivity index (χ0n) is 14.6. The summed E-state index contributed by atoms with van der Waals surface area (Å²) in [5, 5.41) is 8.23. The highest BCUT2D eigenvalue weighted by molar-refractivity contribution is 5.93. The molecule has 6 nitrogen and oxygen atoms in total. The number of nitrogens with zero attached hydrogens (tertiary/aromatic N) is 4. The molecule has 0 unspecified atom stereocenters. The number of pyridine rings is 2. The second-order valence-corrected chi connectivity index (χ2v) is 6.65. The van der Waals surface area contributed by atoms with Crippen LogP contribution in [0.5, 0.6) is 0 Å². The summed E-state index contributed by atoms with van der Waals surface area (Å²) in [6, 6.07) is 6.21. The summed E-state index contributed by atoms with van der Waals surface area (Å²) < 4.78 is 5.49. The predicted molar refractivity (Wildman–Crippen MR) is 98.4 cm³/mol. The standard InChI is InChI=1S/C19H22N5O/c1-13(2)11-14-12-17(24-7-9-25-10-8-24)22-18-15(14)3-5-20-19(18)16-4-6-21-23-16/h3-6,12H,7-11H2,1-2H3,(H,21,23). The molecule has 1 aliphatic rings. The number of hydrogen-bond donors (Lipinski definition) is 1. The van der Waals surface area contributed by atoms with Crippen molar-refractivity contribution in [3.63, 3.8) is 0 Å². The van der Waals surface area contributed by atoms with Gasteiger partial charge in [0.2, 0.25) is 0 Å². The monoisotopic (exact) mass is 336 g/mol. The number of ether oxygens (including phenoxy) is 1. The Kier molecular flexibility index (Phi) is 4.36. The van der Waals surface area contributed by atoms with Crippen LogP contribution in [0.3, 0.4) is 0 Å². The topological polar surface area (TPSA) is 66.9 Å². The molecule has 3 aromatic rings. The van der Waals surface area contributed by atoms with Crippen molar-refractivity contribution >= 4 is 16.7 Å². The number of aromatic amines is 1. The highest BCUT2D eigenvalue weighted by Crippen LogP contribution is 2.30. The van der Waals surface area contributed by atoms with Crippen molar-refractivity contribution in [2.24, 2.45) is 0 Å². The van der Waals surface area contributed by atoms with Gasteiger partial charge in [0, 0.05) is 30.9 Å². The molecule has 1 fully saturated rings. The van der Waals surface area contributed by atoms with E-state index in [9.17, 15) is 0 Å². The number of morpholine rings is 1. The van der Waals surface area contributed by atoms with Crippen LogP contribution in [-0.4, -0.2) is 46.5 Å². The molecule has 1 aliphatic heterocycles. The van der Waals surface area contributed by atoms with Crippen molar-refractivity contribution in [2.45, 2.75) is 20.3 Å². The number of anilines is 1. The molecule has 0 saturated carbocycles. The number of aromatic nitrogens is 4. The molecule has 4 heterocycles. The molecule has 1 N–H and O–H groups in total. The summed E-state index contributed by atoms with van der Waals surface area (Å²) in [6.07, 6.45) is 4.53. The first kappa shape index (κ1) is 16.0. The minimum absolute atomic E-state index is 0.744. The molecule has 0 aliphatic carbocycles. The second kappa shape index (κ2) is 6.80. The van der Waals surface area contributed by atoms with Crippen LogP contribution >= 0.6 is 0 Å². The lowest BCUT2D eigenvalue weighted by Gasteiger charge is -2.28. The van der Waals surface area contributed by atoms with E-state index in [1.165, 1.54) is 11.5 Å². The molecule has 1 radical (unpaired) electrons. The summed E-state index contributed by atoms with van der Waals surface area (Å²) in [6.45, 7) is 7.55. The van der Waals surface area contributed by atoms with E-state index in [0.717, 1.165) is 60.8 Å². The Labute approximate surface area is 147 Å². The molecule has 0 atom stereocenters. The quantitative estimate of drug-likeness (QED) is 0.793. The van der Waals surface area contributed by atoms with E-state index in [4.69, 9.17) is 9.72 Å². The Bertz CT molecular complexity index is 854. The van der Waals surface area contributed by atoms with Gasteiger partial charge in [-0.2, -0.15) is 5.10 Å². The molecule has 0 amide bonds. The Hall–Kier alpha value is -2.47. The van der Waals surface area contributed by atoms with E-state index in [1.54, 1.807) is 6.20 Å². The summed E-state index contributed by atoms with van der Waals surface area (Å²) in [4.78, 5) is 11.8. The molecule has 0 aromatic carbocycles. The number of H-pyrrole nitrogens is 1. The lowest BCUT2D eigenvalue weighted by atomic mass is 9.98. The number of nitrogens with one attached hydrogen (secondary N) is 1. The molecular formula is C19H22N5O. The van der Waals surface area contributed by atoms with Crippen molar-refractivity contribution in [1.29, 1.82) is 0 Å². The lowest BCUT2D eigenvalue weighted by Crippen LogP contribution is -2.36. The van der Waals surface area contributed by atoms with Gasteiger partial charge in [0.05, 0.1) is 18.9 Å². The Morgan fingerprint density at radius 1 is 1.20 bits per heavy atom. The van der Waals surface area contributed by atoms with Gasteiger partial charge in [0.15, 0.2) is 0 Å². The third-order valence-electron chi connectivity index (χ3n) is 4.43. The van der Waals surface area contributed by atoms with Crippen LogP contribution < -0.4 is 4.90 Å². The van der Waals surface area contributed by atoms with Gasteiger partial charge in [-0.3, -0.25) is 10.1 Å². The van der Waals surface area contributed by atoms with E-state index in [0.29, 0.717) is 0 Å². The second-order valence-electron chi connectivity index (χ2n) is 6.65. The molecule has 0 spiro atoms. The summed E-state index contributed by atoms with van der Waals surface area (Å²) in [5.41, 5.74) is 3.95. The van der Waals surface area contributed by atoms with Gasteiger partial charge < -0.3 is 9.64 Å². The van der Waals surface area contributed by atoms with Crippen LogP contribution in [-0.2, 0) is 11.2 Å². The van der Waals surface area contributed by atoms with Crippen molar-refractivity contribution in [3.8, 4) is 11.4 Å². The van der Waals surface area contributed by atoms with E-state index in [1.807, 2.05) is 12.3 Å². The summed E-state index contributed by atoms with van der Waals surface area (Å²) in [5.74, 6) is 2.38. The zero-order valence-corrected chi connectivity index (χ0v) is 14.6. The highest BCUT2D eigenvalue weighted by Gasteiger charge is 2.18. The van der Waals surface area contributed by atoms with Gasteiger partial charge in [-0.25, -0.2) is 4.98 Å². The maximum atomic E-state index is 5.49. The van der Waals surface area contributed by atoms with Crippen molar-refractivity contribution < 1.29 is 4.74 Å². The first-order valence-electron chi connectivity index (χ1n) is 8.62. The average molecular weight is 336 g/mol. The van der Waals surface area contributed by atoms with Crippen LogP contribution in [0.2, 0.25) is 0 Å². The molecular weight excluding hydrogens is 314 g/mol. The van der Waals surface area contributed by atoms with E-state index >= 15 is 0 Å². The molecule has 0 bridgehead atoms. The molecule has 4 rings (SSSR count). The highest BCUT2D eigenvalue weighted by atomic mass is 16.5. The van der Waals surface area contributed by atoms with Crippen molar-refractivity contribution in [2.75, 3.05) is 31.2 Å². The minimum Gasteiger partial charge on any atom is -0.378 e. The molecule has 6 heteroatoms. The largest absolute Gasteiger partial charge is 0.378 e. The Morgan fingerprint density at radius 3 is 2.76 bits per heavy atom. The third kappa shape index (κ3) is 3.22. The van der Waals surface area contributed by atoms with Crippen LogP contribution in [0, 0.1) is 5.92 Å². The number of hydrogen-bond acceptors (Lipinski definition) is 5. The summed E-state index contributed by atoms with van der Waals surface area (Å²) in [7, 11) is 0. The van der Waals surface area contributed by atoms with Gasteiger partial charge in [0.25, 0.3) is 0 Å².